The summed E-state index contributed by atoms with van der Waals surface area (Å²) in [5.41, 5.74) is 3.57. The van der Waals surface area contributed by atoms with Crippen LogP contribution in [0, 0.1) is 20.8 Å². The summed E-state index contributed by atoms with van der Waals surface area (Å²) in [5, 5.41) is 12.9. The van der Waals surface area contributed by atoms with Crippen LogP contribution in [-0.2, 0) is 6.54 Å². The standard InChI is InChI=1S/C14H19N3OS/c1-5-15-8-13-16-17-14(19-13)18-12-7-9(2)6-10(3)11(12)4/h6-7,15H,5,8H2,1-4H3. The van der Waals surface area contributed by atoms with Gasteiger partial charge in [0.15, 0.2) is 0 Å². The molecule has 0 fully saturated rings. The van der Waals surface area contributed by atoms with Gasteiger partial charge in [0.25, 0.3) is 5.19 Å². The molecule has 0 unspecified atom stereocenters. The first-order valence-corrected chi connectivity index (χ1v) is 7.20. The molecule has 2 rings (SSSR count). The number of hydrogen-bond acceptors (Lipinski definition) is 5. The largest absolute Gasteiger partial charge is 0.430 e. The lowest BCUT2D eigenvalue weighted by Crippen LogP contribution is -2.11. The van der Waals surface area contributed by atoms with E-state index in [4.69, 9.17) is 4.74 Å². The van der Waals surface area contributed by atoms with Gasteiger partial charge in [0, 0.05) is 6.54 Å². The SMILES string of the molecule is CCNCc1nnc(Oc2cc(C)cc(C)c2C)s1. The maximum absolute atomic E-state index is 5.85. The fourth-order valence-electron chi connectivity index (χ4n) is 1.78. The maximum Gasteiger partial charge on any atom is 0.299 e. The van der Waals surface area contributed by atoms with E-state index in [9.17, 15) is 0 Å². The highest BCUT2D eigenvalue weighted by Crippen LogP contribution is 2.30. The quantitative estimate of drug-likeness (QED) is 0.910. The van der Waals surface area contributed by atoms with Crippen LogP contribution in [-0.4, -0.2) is 16.7 Å². The van der Waals surface area contributed by atoms with Gasteiger partial charge in [-0.25, -0.2) is 0 Å². The first kappa shape index (κ1) is 14.0. The molecule has 5 heteroatoms. The molecule has 0 aliphatic rings. The van der Waals surface area contributed by atoms with Crippen molar-refractivity contribution in [2.75, 3.05) is 6.54 Å². The Kier molecular flexibility index (Phi) is 4.50. The van der Waals surface area contributed by atoms with Gasteiger partial charge in [-0.3, -0.25) is 0 Å². The average Bonchev–Trinajstić information content (AvgIpc) is 2.80. The van der Waals surface area contributed by atoms with Crippen molar-refractivity contribution in [2.45, 2.75) is 34.2 Å². The predicted molar refractivity (Wildman–Crippen MR) is 78.0 cm³/mol. The molecule has 2 aromatic rings. The lowest BCUT2D eigenvalue weighted by Gasteiger charge is -2.09. The summed E-state index contributed by atoms with van der Waals surface area (Å²) in [5.74, 6) is 0.864. The van der Waals surface area contributed by atoms with E-state index < -0.39 is 0 Å². The number of benzene rings is 1. The molecule has 4 nitrogen and oxygen atoms in total. The van der Waals surface area contributed by atoms with Gasteiger partial charge in [0.2, 0.25) is 0 Å². The van der Waals surface area contributed by atoms with Gasteiger partial charge in [0.05, 0.1) is 0 Å². The molecule has 0 radical (unpaired) electrons. The summed E-state index contributed by atoms with van der Waals surface area (Å²) in [6.45, 7) is 9.94. The Balaban J connectivity index is 2.15. The molecule has 0 spiro atoms. The molecule has 0 amide bonds. The highest BCUT2D eigenvalue weighted by Gasteiger charge is 2.09. The first-order chi connectivity index (χ1) is 9.10. The molecule has 1 heterocycles. The first-order valence-electron chi connectivity index (χ1n) is 6.39. The van der Waals surface area contributed by atoms with Crippen molar-refractivity contribution in [1.29, 1.82) is 0 Å². The molecular weight excluding hydrogens is 258 g/mol. The van der Waals surface area contributed by atoms with Crippen LogP contribution in [0.1, 0.15) is 28.6 Å². The van der Waals surface area contributed by atoms with Gasteiger partial charge in [-0.2, -0.15) is 0 Å². The Morgan fingerprint density at radius 2 is 2.00 bits per heavy atom. The van der Waals surface area contributed by atoms with E-state index in [0.29, 0.717) is 5.19 Å². The molecule has 0 bridgehead atoms. The van der Waals surface area contributed by atoms with Crippen LogP contribution in [0.5, 0.6) is 10.9 Å². The third-order valence-electron chi connectivity index (χ3n) is 2.94. The minimum atomic E-state index is 0.598. The highest BCUT2D eigenvalue weighted by molar-refractivity contribution is 7.13. The van der Waals surface area contributed by atoms with Crippen LogP contribution in [0.4, 0.5) is 0 Å². The van der Waals surface area contributed by atoms with Crippen molar-refractivity contribution in [3.8, 4) is 10.9 Å². The Morgan fingerprint density at radius 3 is 2.74 bits per heavy atom. The Hall–Kier alpha value is -1.46. The predicted octanol–water partition coefficient (Wildman–Crippen LogP) is 3.37. The van der Waals surface area contributed by atoms with E-state index in [2.05, 4.69) is 49.3 Å². The second-order valence-corrected chi connectivity index (χ2v) is 5.57. The second kappa shape index (κ2) is 6.12. The molecule has 0 atom stereocenters. The topological polar surface area (TPSA) is 47.0 Å². The summed E-state index contributed by atoms with van der Waals surface area (Å²) in [7, 11) is 0. The molecular formula is C14H19N3OS. The van der Waals surface area contributed by atoms with E-state index in [1.165, 1.54) is 22.5 Å². The van der Waals surface area contributed by atoms with Crippen molar-refractivity contribution >= 4 is 11.3 Å². The number of aromatic nitrogens is 2. The van der Waals surface area contributed by atoms with Gasteiger partial charge in [-0.15, -0.1) is 5.10 Å². The van der Waals surface area contributed by atoms with Crippen LogP contribution in [0.25, 0.3) is 0 Å². The molecule has 1 aromatic carbocycles. The van der Waals surface area contributed by atoms with Crippen LogP contribution < -0.4 is 10.1 Å². The molecule has 1 aromatic heterocycles. The van der Waals surface area contributed by atoms with E-state index in [-0.39, 0.29) is 0 Å². The third kappa shape index (κ3) is 3.52. The minimum absolute atomic E-state index is 0.598. The molecule has 0 aliphatic carbocycles. The average molecular weight is 277 g/mol. The number of ether oxygens (including phenoxy) is 1. The Morgan fingerprint density at radius 1 is 1.21 bits per heavy atom. The van der Waals surface area contributed by atoms with E-state index in [0.717, 1.165) is 29.4 Å². The molecule has 19 heavy (non-hydrogen) atoms. The van der Waals surface area contributed by atoms with Crippen LogP contribution in [0.15, 0.2) is 12.1 Å². The number of nitrogens with one attached hydrogen (secondary N) is 1. The van der Waals surface area contributed by atoms with E-state index in [1.807, 2.05) is 6.07 Å². The van der Waals surface area contributed by atoms with Gasteiger partial charge >= 0.3 is 0 Å². The lowest BCUT2D eigenvalue weighted by atomic mass is 10.1. The molecule has 1 N–H and O–H groups in total. The number of hydrogen-bond donors (Lipinski definition) is 1. The van der Waals surface area contributed by atoms with Crippen LogP contribution in [0.2, 0.25) is 0 Å². The van der Waals surface area contributed by atoms with Crippen molar-refractivity contribution < 1.29 is 4.74 Å². The molecule has 0 saturated heterocycles. The van der Waals surface area contributed by atoms with Gasteiger partial charge < -0.3 is 10.1 Å². The molecule has 0 saturated carbocycles. The maximum atomic E-state index is 5.85. The van der Waals surface area contributed by atoms with E-state index >= 15 is 0 Å². The minimum Gasteiger partial charge on any atom is -0.430 e. The third-order valence-corrected chi connectivity index (χ3v) is 3.74. The summed E-state index contributed by atoms with van der Waals surface area (Å²) < 4.78 is 5.85. The Bertz CT molecular complexity index is 566. The zero-order valence-electron chi connectivity index (χ0n) is 11.8. The summed E-state index contributed by atoms with van der Waals surface area (Å²) in [6.07, 6.45) is 0. The fourth-order valence-corrected chi connectivity index (χ4v) is 2.45. The van der Waals surface area contributed by atoms with Gasteiger partial charge in [0.1, 0.15) is 10.8 Å². The molecule has 0 aliphatic heterocycles. The highest BCUT2D eigenvalue weighted by atomic mass is 32.1. The number of rotatable bonds is 5. The summed E-state index contributed by atoms with van der Waals surface area (Å²) >= 11 is 1.48. The fraction of sp³-hybridized carbons (Fsp3) is 0.429. The van der Waals surface area contributed by atoms with Crippen molar-refractivity contribution in [3.63, 3.8) is 0 Å². The normalized spacial score (nSPS) is 10.7. The van der Waals surface area contributed by atoms with Crippen molar-refractivity contribution in [3.05, 3.63) is 33.8 Å². The summed E-state index contributed by atoms with van der Waals surface area (Å²) in [4.78, 5) is 0. The molecule has 102 valence electrons. The van der Waals surface area contributed by atoms with Crippen LogP contribution >= 0.6 is 11.3 Å². The lowest BCUT2D eigenvalue weighted by molar-refractivity contribution is 0.468. The van der Waals surface area contributed by atoms with Crippen molar-refractivity contribution in [2.24, 2.45) is 0 Å². The zero-order chi connectivity index (χ0) is 13.8. The monoisotopic (exact) mass is 277 g/mol. The number of nitrogens with zero attached hydrogens (tertiary/aromatic N) is 2. The second-order valence-electron chi connectivity index (χ2n) is 4.55. The van der Waals surface area contributed by atoms with E-state index in [1.54, 1.807) is 0 Å². The number of aryl methyl sites for hydroxylation is 2. The van der Waals surface area contributed by atoms with Crippen LogP contribution in [0.3, 0.4) is 0 Å². The van der Waals surface area contributed by atoms with Gasteiger partial charge in [-0.05, 0) is 50.1 Å². The summed E-state index contributed by atoms with van der Waals surface area (Å²) in [6, 6.07) is 4.19. The van der Waals surface area contributed by atoms with Gasteiger partial charge in [-0.1, -0.05) is 29.4 Å². The Labute approximate surface area is 117 Å². The smallest absolute Gasteiger partial charge is 0.299 e. The zero-order valence-corrected chi connectivity index (χ0v) is 12.6. The van der Waals surface area contributed by atoms with Crippen molar-refractivity contribution in [1.82, 2.24) is 15.5 Å².